The zero-order valence-corrected chi connectivity index (χ0v) is 13.2. The van der Waals surface area contributed by atoms with Gasteiger partial charge < -0.3 is 10.2 Å². The minimum Gasteiger partial charge on any atom is -0.337 e. The van der Waals surface area contributed by atoms with Crippen molar-refractivity contribution in [2.45, 2.75) is 12.8 Å². The van der Waals surface area contributed by atoms with E-state index in [0.717, 1.165) is 38.0 Å². The third kappa shape index (κ3) is 3.59. The minimum absolute atomic E-state index is 0.0216. The summed E-state index contributed by atoms with van der Waals surface area (Å²) in [6.07, 6.45) is 2.17. The van der Waals surface area contributed by atoms with Gasteiger partial charge in [-0.1, -0.05) is 0 Å². The zero-order chi connectivity index (χ0) is 16.2. The van der Waals surface area contributed by atoms with Crippen molar-refractivity contribution in [1.82, 2.24) is 20.4 Å². The molecular weight excluding hydrogens is 295 g/mol. The fraction of sp³-hybridized carbons (Fsp3) is 0.412. The van der Waals surface area contributed by atoms with Crippen molar-refractivity contribution in [3.63, 3.8) is 0 Å². The third-order valence-electron chi connectivity index (χ3n) is 4.25. The summed E-state index contributed by atoms with van der Waals surface area (Å²) in [4.78, 5) is 14.5. The summed E-state index contributed by atoms with van der Waals surface area (Å²) in [5.74, 6) is 0.188. The van der Waals surface area contributed by atoms with Crippen LogP contribution in [0.25, 0.3) is 11.3 Å². The molecule has 122 valence electrons. The second kappa shape index (κ2) is 6.91. The number of nitrogens with zero attached hydrogens (tertiary/aromatic N) is 2. The van der Waals surface area contributed by atoms with Crippen LogP contribution >= 0.6 is 0 Å². The summed E-state index contributed by atoms with van der Waals surface area (Å²) in [7, 11) is 1.94. The quantitative estimate of drug-likeness (QED) is 0.910. The van der Waals surface area contributed by atoms with E-state index < -0.39 is 0 Å². The molecule has 5 nitrogen and oxygen atoms in total. The standard InChI is InChI=1S/C17H21FN4O/c1-19-10-12-3-2-8-22(11-12)17(23)16-9-15(20-21-16)13-4-6-14(18)7-5-13/h4-7,9,12,19H,2-3,8,10-11H2,1H3,(H,20,21)/t12-/m1/s1. The van der Waals surface area contributed by atoms with Crippen molar-refractivity contribution in [2.24, 2.45) is 5.92 Å². The summed E-state index contributed by atoms with van der Waals surface area (Å²) in [6.45, 7) is 2.47. The van der Waals surface area contributed by atoms with E-state index in [1.165, 1.54) is 12.1 Å². The zero-order valence-electron chi connectivity index (χ0n) is 13.2. The van der Waals surface area contributed by atoms with E-state index in [1.54, 1.807) is 18.2 Å². The van der Waals surface area contributed by atoms with E-state index in [9.17, 15) is 9.18 Å². The Morgan fingerprint density at radius 2 is 2.22 bits per heavy atom. The van der Waals surface area contributed by atoms with Gasteiger partial charge in [-0.05, 0) is 62.7 Å². The first-order valence-corrected chi connectivity index (χ1v) is 7.92. The molecule has 1 aliphatic rings. The molecule has 0 unspecified atom stereocenters. The number of likely N-dealkylation sites (tertiary alicyclic amines) is 1. The molecule has 1 atom stereocenters. The molecule has 1 fully saturated rings. The Kier molecular flexibility index (Phi) is 4.71. The second-order valence-electron chi connectivity index (χ2n) is 5.99. The van der Waals surface area contributed by atoms with Gasteiger partial charge >= 0.3 is 0 Å². The predicted octanol–water partition coefficient (Wildman–Crippen LogP) is 2.29. The van der Waals surface area contributed by atoms with Crippen LogP contribution in [0, 0.1) is 11.7 Å². The normalized spacial score (nSPS) is 18.2. The Morgan fingerprint density at radius 3 is 2.96 bits per heavy atom. The lowest BCUT2D eigenvalue weighted by Gasteiger charge is -2.32. The molecule has 0 spiro atoms. The van der Waals surface area contributed by atoms with Crippen LogP contribution in [0.2, 0.25) is 0 Å². The summed E-state index contributed by atoms with van der Waals surface area (Å²) < 4.78 is 13.0. The lowest BCUT2D eigenvalue weighted by Crippen LogP contribution is -2.42. The average Bonchev–Trinajstić information content (AvgIpc) is 3.05. The molecule has 1 aromatic carbocycles. The number of halogens is 1. The number of rotatable bonds is 4. The highest BCUT2D eigenvalue weighted by atomic mass is 19.1. The van der Waals surface area contributed by atoms with Gasteiger partial charge in [0.05, 0.1) is 5.69 Å². The van der Waals surface area contributed by atoms with Crippen molar-refractivity contribution < 1.29 is 9.18 Å². The van der Waals surface area contributed by atoms with Gasteiger partial charge in [-0.2, -0.15) is 5.10 Å². The lowest BCUT2D eigenvalue weighted by atomic mass is 9.98. The summed E-state index contributed by atoms with van der Waals surface area (Å²) >= 11 is 0. The first kappa shape index (κ1) is 15.7. The van der Waals surface area contributed by atoms with E-state index in [1.807, 2.05) is 11.9 Å². The predicted molar refractivity (Wildman–Crippen MR) is 86.5 cm³/mol. The summed E-state index contributed by atoms with van der Waals surface area (Å²) in [5, 5.41) is 10.2. The van der Waals surface area contributed by atoms with Gasteiger partial charge in [-0.3, -0.25) is 9.89 Å². The fourth-order valence-corrected chi connectivity index (χ4v) is 3.07. The first-order valence-electron chi connectivity index (χ1n) is 7.92. The highest BCUT2D eigenvalue weighted by molar-refractivity contribution is 5.93. The SMILES string of the molecule is CNC[C@H]1CCCN(C(=O)c2cc(-c3ccc(F)cc3)n[nH]2)C1. The van der Waals surface area contributed by atoms with E-state index in [-0.39, 0.29) is 11.7 Å². The number of hydrogen-bond donors (Lipinski definition) is 2. The van der Waals surface area contributed by atoms with Crippen molar-refractivity contribution in [3.8, 4) is 11.3 Å². The molecule has 1 aromatic heterocycles. The maximum absolute atomic E-state index is 13.0. The van der Waals surface area contributed by atoms with Crippen LogP contribution in [0.1, 0.15) is 23.3 Å². The smallest absolute Gasteiger partial charge is 0.271 e. The van der Waals surface area contributed by atoms with Crippen molar-refractivity contribution in [1.29, 1.82) is 0 Å². The maximum Gasteiger partial charge on any atom is 0.271 e. The number of carbonyl (C=O) groups excluding carboxylic acids is 1. The minimum atomic E-state index is -0.288. The number of hydrogen-bond acceptors (Lipinski definition) is 3. The number of piperidine rings is 1. The summed E-state index contributed by atoms with van der Waals surface area (Å²) in [5.41, 5.74) is 1.92. The largest absolute Gasteiger partial charge is 0.337 e. The molecule has 1 saturated heterocycles. The third-order valence-corrected chi connectivity index (χ3v) is 4.25. The lowest BCUT2D eigenvalue weighted by molar-refractivity contribution is 0.0668. The highest BCUT2D eigenvalue weighted by Crippen LogP contribution is 2.21. The number of aromatic amines is 1. The van der Waals surface area contributed by atoms with Gasteiger partial charge in [0, 0.05) is 18.7 Å². The number of benzene rings is 1. The molecule has 0 radical (unpaired) electrons. The molecule has 3 rings (SSSR count). The van der Waals surface area contributed by atoms with Crippen LogP contribution in [0.4, 0.5) is 4.39 Å². The Bertz CT molecular complexity index is 665. The maximum atomic E-state index is 13.0. The molecule has 2 aromatic rings. The van der Waals surface area contributed by atoms with Crippen LogP contribution < -0.4 is 5.32 Å². The topological polar surface area (TPSA) is 61.0 Å². The van der Waals surface area contributed by atoms with Crippen LogP contribution in [0.15, 0.2) is 30.3 Å². The Hall–Kier alpha value is -2.21. The number of nitrogens with one attached hydrogen (secondary N) is 2. The van der Waals surface area contributed by atoms with Gasteiger partial charge in [-0.15, -0.1) is 0 Å². The Balaban J connectivity index is 1.72. The molecule has 1 aliphatic heterocycles. The van der Waals surface area contributed by atoms with Gasteiger partial charge in [0.25, 0.3) is 5.91 Å². The second-order valence-corrected chi connectivity index (χ2v) is 5.99. The van der Waals surface area contributed by atoms with E-state index in [2.05, 4.69) is 15.5 Å². The van der Waals surface area contributed by atoms with Crippen molar-refractivity contribution in [3.05, 3.63) is 41.8 Å². The van der Waals surface area contributed by atoms with Crippen molar-refractivity contribution >= 4 is 5.91 Å². The molecule has 1 amide bonds. The molecule has 23 heavy (non-hydrogen) atoms. The molecule has 0 saturated carbocycles. The van der Waals surface area contributed by atoms with Crippen molar-refractivity contribution in [2.75, 3.05) is 26.7 Å². The molecule has 6 heteroatoms. The van der Waals surface area contributed by atoms with Crippen LogP contribution in [0.3, 0.4) is 0 Å². The average molecular weight is 316 g/mol. The van der Waals surface area contributed by atoms with Gasteiger partial charge in [-0.25, -0.2) is 4.39 Å². The van der Waals surface area contributed by atoms with Gasteiger partial charge in [0.15, 0.2) is 0 Å². The van der Waals surface area contributed by atoms with Crippen LogP contribution in [-0.4, -0.2) is 47.7 Å². The number of aromatic nitrogens is 2. The van der Waals surface area contributed by atoms with E-state index >= 15 is 0 Å². The van der Waals surface area contributed by atoms with Gasteiger partial charge in [0.1, 0.15) is 11.5 Å². The number of amides is 1. The molecule has 0 aliphatic carbocycles. The van der Waals surface area contributed by atoms with E-state index in [4.69, 9.17) is 0 Å². The summed E-state index contributed by atoms with van der Waals surface area (Å²) in [6, 6.07) is 7.82. The number of carbonyl (C=O) groups is 1. The van der Waals surface area contributed by atoms with Crippen LogP contribution in [0.5, 0.6) is 0 Å². The Morgan fingerprint density at radius 1 is 1.43 bits per heavy atom. The number of H-pyrrole nitrogens is 1. The molecular formula is C17H21FN4O. The highest BCUT2D eigenvalue weighted by Gasteiger charge is 2.25. The fourth-order valence-electron chi connectivity index (χ4n) is 3.07. The Labute approximate surface area is 134 Å². The molecule has 2 N–H and O–H groups in total. The molecule has 0 bridgehead atoms. The van der Waals surface area contributed by atoms with E-state index in [0.29, 0.717) is 17.3 Å². The van der Waals surface area contributed by atoms with Gasteiger partial charge in [0.2, 0.25) is 0 Å². The first-order chi connectivity index (χ1) is 11.2. The monoisotopic (exact) mass is 316 g/mol. The molecule has 2 heterocycles. The van der Waals surface area contributed by atoms with Crippen LogP contribution in [-0.2, 0) is 0 Å².